The van der Waals surface area contributed by atoms with Crippen molar-refractivity contribution in [1.29, 1.82) is 0 Å². The molecule has 0 fully saturated rings. The summed E-state index contributed by atoms with van der Waals surface area (Å²) in [6, 6.07) is 10.6. The molecule has 0 radical (unpaired) electrons. The Morgan fingerprint density at radius 2 is 1.84 bits per heavy atom. The van der Waals surface area contributed by atoms with E-state index in [1.165, 1.54) is 31.9 Å². The quantitative estimate of drug-likeness (QED) is 0.910. The van der Waals surface area contributed by atoms with Crippen molar-refractivity contribution < 1.29 is 18.7 Å². The highest BCUT2D eigenvalue weighted by Gasteiger charge is 2.39. The predicted octanol–water partition coefficient (Wildman–Crippen LogP) is 4.08. The van der Waals surface area contributed by atoms with E-state index in [2.05, 4.69) is 11.4 Å². The van der Waals surface area contributed by atoms with Gasteiger partial charge in [-0.3, -0.25) is 4.79 Å². The first kappa shape index (κ1) is 17.3. The van der Waals surface area contributed by atoms with Gasteiger partial charge in [0.05, 0.1) is 25.3 Å². The fraction of sp³-hybridized carbons (Fsp3) is 0.350. The number of benzene rings is 2. The largest absolute Gasteiger partial charge is 0.493 e. The van der Waals surface area contributed by atoms with Gasteiger partial charge in [0.15, 0.2) is 17.3 Å². The number of anilines is 1. The minimum Gasteiger partial charge on any atom is -0.493 e. The Balaban J connectivity index is 1.93. The normalized spacial score (nSPS) is 19.0. The summed E-state index contributed by atoms with van der Waals surface area (Å²) in [5.41, 5.74) is 1.60. The number of nitrogens with one attached hydrogen (secondary N) is 1. The summed E-state index contributed by atoms with van der Waals surface area (Å²) in [4.78, 5) is 13.0. The Bertz CT molecular complexity index is 806. The third-order valence-electron chi connectivity index (χ3n) is 4.96. The van der Waals surface area contributed by atoms with Crippen LogP contribution in [0, 0.1) is 5.82 Å². The maximum atomic E-state index is 14.4. The molecule has 0 heterocycles. The van der Waals surface area contributed by atoms with Crippen LogP contribution >= 0.6 is 0 Å². The number of rotatable bonds is 4. The van der Waals surface area contributed by atoms with Gasteiger partial charge < -0.3 is 14.8 Å². The van der Waals surface area contributed by atoms with E-state index in [1.807, 2.05) is 25.1 Å². The van der Waals surface area contributed by atoms with E-state index in [9.17, 15) is 9.18 Å². The van der Waals surface area contributed by atoms with Crippen LogP contribution in [0.25, 0.3) is 0 Å². The number of methoxy groups -OCH3 is 2. The molecule has 1 aliphatic carbocycles. The van der Waals surface area contributed by atoms with Crippen molar-refractivity contribution >= 4 is 11.6 Å². The monoisotopic (exact) mass is 343 g/mol. The van der Waals surface area contributed by atoms with Crippen molar-refractivity contribution in [3.05, 3.63) is 53.3 Å². The maximum Gasteiger partial charge on any atom is 0.234 e. The molecule has 25 heavy (non-hydrogen) atoms. The number of halogens is 1. The molecule has 0 bridgehead atoms. The topological polar surface area (TPSA) is 47.6 Å². The summed E-state index contributed by atoms with van der Waals surface area (Å²) in [5, 5.41) is 2.74. The van der Waals surface area contributed by atoms with E-state index in [1.54, 1.807) is 0 Å². The lowest BCUT2D eigenvalue weighted by Crippen LogP contribution is -2.40. The van der Waals surface area contributed by atoms with Crippen molar-refractivity contribution in [2.75, 3.05) is 19.5 Å². The number of carbonyl (C=O) groups is 1. The first-order chi connectivity index (χ1) is 12.0. The van der Waals surface area contributed by atoms with Gasteiger partial charge in [-0.2, -0.15) is 0 Å². The summed E-state index contributed by atoms with van der Waals surface area (Å²) in [6.45, 7) is 1.92. The minimum absolute atomic E-state index is 0.0897. The van der Waals surface area contributed by atoms with Gasteiger partial charge in [0.2, 0.25) is 5.91 Å². The van der Waals surface area contributed by atoms with E-state index in [-0.39, 0.29) is 17.3 Å². The second-order valence-corrected chi connectivity index (χ2v) is 6.48. The lowest BCUT2D eigenvalue weighted by atomic mass is 9.70. The number of aryl methyl sites for hydroxylation is 1. The van der Waals surface area contributed by atoms with E-state index >= 15 is 0 Å². The molecule has 2 aromatic rings. The predicted molar refractivity (Wildman–Crippen MR) is 94.9 cm³/mol. The molecule has 1 N–H and O–H groups in total. The molecule has 1 amide bonds. The van der Waals surface area contributed by atoms with Crippen molar-refractivity contribution in [1.82, 2.24) is 0 Å². The average Bonchev–Trinajstić information content (AvgIpc) is 2.63. The zero-order valence-corrected chi connectivity index (χ0v) is 14.7. The molecule has 132 valence electrons. The van der Waals surface area contributed by atoms with Gasteiger partial charge in [-0.1, -0.05) is 24.3 Å². The third-order valence-corrected chi connectivity index (χ3v) is 4.96. The number of carbonyl (C=O) groups excluding carboxylic acids is 1. The first-order valence-corrected chi connectivity index (χ1v) is 8.31. The number of hydrogen-bond acceptors (Lipinski definition) is 3. The molecule has 5 heteroatoms. The smallest absolute Gasteiger partial charge is 0.234 e. The SMILES string of the molecule is COc1cc(F)c(NC(=O)[C@@]2(C)CCCc3ccccc32)cc1OC. The Morgan fingerprint density at radius 1 is 1.16 bits per heavy atom. The second-order valence-electron chi connectivity index (χ2n) is 6.48. The van der Waals surface area contributed by atoms with Crippen LogP contribution in [-0.4, -0.2) is 20.1 Å². The highest BCUT2D eigenvalue weighted by molar-refractivity contribution is 5.99. The molecule has 0 unspecified atom stereocenters. The van der Waals surface area contributed by atoms with Crippen LogP contribution in [0.15, 0.2) is 36.4 Å². The number of hydrogen-bond donors (Lipinski definition) is 1. The molecule has 0 saturated carbocycles. The van der Waals surface area contributed by atoms with Gasteiger partial charge in [-0.25, -0.2) is 4.39 Å². The summed E-state index contributed by atoms with van der Waals surface area (Å²) >= 11 is 0. The average molecular weight is 343 g/mol. The molecular formula is C20H22FNO3. The van der Waals surface area contributed by atoms with Gasteiger partial charge in [-0.05, 0) is 37.3 Å². The van der Waals surface area contributed by atoms with Crippen LogP contribution in [-0.2, 0) is 16.6 Å². The summed E-state index contributed by atoms with van der Waals surface area (Å²) < 4.78 is 24.6. The lowest BCUT2D eigenvalue weighted by molar-refractivity contribution is -0.121. The first-order valence-electron chi connectivity index (χ1n) is 8.31. The van der Waals surface area contributed by atoms with Crippen LogP contribution in [0.3, 0.4) is 0 Å². The highest BCUT2D eigenvalue weighted by Crippen LogP contribution is 2.39. The maximum absolute atomic E-state index is 14.4. The fourth-order valence-electron chi connectivity index (χ4n) is 3.49. The third kappa shape index (κ3) is 3.06. The van der Waals surface area contributed by atoms with Crippen LogP contribution < -0.4 is 14.8 Å². The molecule has 0 spiro atoms. The Labute approximate surface area is 147 Å². The van der Waals surface area contributed by atoms with Crippen molar-refractivity contribution in [3.63, 3.8) is 0 Å². The second kappa shape index (κ2) is 6.75. The molecule has 4 nitrogen and oxygen atoms in total. The van der Waals surface area contributed by atoms with Crippen molar-refractivity contribution in [2.45, 2.75) is 31.6 Å². The van der Waals surface area contributed by atoms with Gasteiger partial charge in [0.25, 0.3) is 0 Å². The minimum atomic E-state index is -0.686. The standard InChI is InChI=1S/C20H22FNO3/c1-20(10-6-8-13-7-4-5-9-14(13)20)19(23)22-16-12-18(25-3)17(24-2)11-15(16)21/h4-5,7,9,11-12H,6,8,10H2,1-3H3,(H,22,23)/t20-/m0/s1. The van der Waals surface area contributed by atoms with Gasteiger partial charge in [0.1, 0.15) is 0 Å². The molecular weight excluding hydrogens is 321 g/mol. The summed E-state index contributed by atoms with van der Waals surface area (Å²) in [7, 11) is 2.91. The van der Waals surface area contributed by atoms with Crippen LogP contribution in [0.1, 0.15) is 30.9 Å². The van der Waals surface area contributed by atoms with Gasteiger partial charge >= 0.3 is 0 Å². The van der Waals surface area contributed by atoms with Crippen LogP contribution in [0.2, 0.25) is 0 Å². The Morgan fingerprint density at radius 3 is 2.56 bits per heavy atom. The zero-order chi connectivity index (χ0) is 18.0. The number of amides is 1. The van der Waals surface area contributed by atoms with E-state index in [0.29, 0.717) is 5.75 Å². The lowest BCUT2D eigenvalue weighted by Gasteiger charge is -2.34. The fourth-order valence-corrected chi connectivity index (χ4v) is 3.49. The molecule has 1 aliphatic rings. The molecule has 0 aromatic heterocycles. The van der Waals surface area contributed by atoms with Crippen LogP contribution in [0.5, 0.6) is 11.5 Å². The van der Waals surface area contributed by atoms with E-state index in [0.717, 1.165) is 24.8 Å². The van der Waals surface area contributed by atoms with Crippen LogP contribution in [0.4, 0.5) is 10.1 Å². The highest BCUT2D eigenvalue weighted by atomic mass is 19.1. The summed E-state index contributed by atoms with van der Waals surface area (Å²) in [5.74, 6) is -0.120. The van der Waals surface area contributed by atoms with E-state index in [4.69, 9.17) is 9.47 Å². The molecule has 0 saturated heterocycles. The molecule has 3 rings (SSSR count). The Kier molecular flexibility index (Phi) is 4.66. The molecule has 2 aromatic carbocycles. The Hall–Kier alpha value is -2.56. The molecule has 0 aliphatic heterocycles. The molecule has 1 atom stereocenters. The summed E-state index contributed by atoms with van der Waals surface area (Å²) in [6.07, 6.45) is 2.61. The van der Waals surface area contributed by atoms with E-state index < -0.39 is 11.2 Å². The number of fused-ring (bicyclic) bond motifs is 1. The van der Waals surface area contributed by atoms with Crippen molar-refractivity contribution in [2.24, 2.45) is 0 Å². The van der Waals surface area contributed by atoms with Crippen molar-refractivity contribution in [3.8, 4) is 11.5 Å². The zero-order valence-electron chi connectivity index (χ0n) is 14.7. The number of ether oxygens (including phenoxy) is 2. The van der Waals surface area contributed by atoms with Gasteiger partial charge in [0, 0.05) is 12.1 Å². The van der Waals surface area contributed by atoms with Gasteiger partial charge in [-0.15, -0.1) is 0 Å².